The molecule has 4 rings (SSSR count). The summed E-state index contributed by atoms with van der Waals surface area (Å²) in [7, 11) is 0. The Labute approximate surface area is 151 Å². The Bertz CT molecular complexity index is 1060. The first kappa shape index (κ1) is 17.0. The number of benzene rings is 2. The average Bonchev–Trinajstić information content (AvgIpc) is 2.59. The summed E-state index contributed by atoms with van der Waals surface area (Å²) < 4.78 is 0. The number of aromatic nitrogens is 2. The molecule has 0 amide bonds. The number of anilines is 2. The number of halogens is 1. The van der Waals surface area contributed by atoms with Gasteiger partial charge in [0, 0.05) is 27.8 Å². The topological polar surface area (TPSA) is 77.8 Å². The number of nitrogens with two attached hydrogens (primary N) is 2. The van der Waals surface area contributed by atoms with Gasteiger partial charge in [0.1, 0.15) is 0 Å². The minimum atomic E-state index is 0.582. The van der Waals surface area contributed by atoms with Gasteiger partial charge in [-0.1, -0.05) is 17.7 Å². The van der Waals surface area contributed by atoms with E-state index in [-0.39, 0.29) is 0 Å². The summed E-state index contributed by atoms with van der Waals surface area (Å²) in [5.41, 5.74) is 16.8. The molecule has 126 valence electrons. The molecule has 0 unspecified atom stereocenters. The van der Waals surface area contributed by atoms with Gasteiger partial charge in [-0.2, -0.15) is 0 Å². The summed E-state index contributed by atoms with van der Waals surface area (Å²) in [6.07, 6.45) is 0. The molecule has 0 radical (unpaired) electrons. The summed E-state index contributed by atoms with van der Waals surface area (Å²) in [5.74, 6) is 0. The zero-order chi connectivity index (χ0) is 18.0. The molecular weight excluding hydrogens is 332 g/mol. The fraction of sp³-hybridized carbons (Fsp3) is 0.100. The molecular formula is C20H19ClN4. The van der Waals surface area contributed by atoms with Crippen molar-refractivity contribution < 1.29 is 0 Å². The van der Waals surface area contributed by atoms with E-state index in [1.807, 2.05) is 62.4 Å². The van der Waals surface area contributed by atoms with Gasteiger partial charge in [0.25, 0.3) is 0 Å². The van der Waals surface area contributed by atoms with Crippen LogP contribution in [0.4, 0.5) is 11.4 Å². The molecule has 0 bridgehead atoms. The van der Waals surface area contributed by atoms with Crippen molar-refractivity contribution in [3.05, 3.63) is 71.0 Å². The molecule has 2 aromatic carbocycles. The first-order valence-electron chi connectivity index (χ1n) is 7.89. The molecule has 5 heteroatoms. The Balaban J connectivity index is 0.000000146. The Morgan fingerprint density at radius 3 is 2.00 bits per heavy atom. The lowest BCUT2D eigenvalue weighted by atomic mass is 10.1. The van der Waals surface area contributed by atoms with Gasteiger partial charge in [-0.3, -0.25) is 9.97 Å². The highest BCUT2D eigenvalue weighted by atomic mass is 35.5. The third-order valence-electron chi connectivity index (χ3n) is 3.90. The molecule has 0 saturated heterocycles. The smallest absolute Gasteiger partial charge is 0.0726 e. The molecule has 2 aromatic heterocycles. The van der Waals surface area contributed by atoms with Crippen LogP contribution in [-0.4, -0.2) is 9.97 Å². The average molecular weight is 351 g/mol. The van der Waals surface area contributed by atoms with E-state index in [0.29, 0.717) is 10.7 Å². The number of nitrogens with zero attached hydrogens (tertiary/aromatic N) is 2. The fourth-order valence-electron chi connectivity index (χ4n) is 2.58. The Hall–Kier alpha value is -2.85. The molecule has 0 fully saturated rings. The first-order valence-corrected chi connectivity index (χ1v) is 8.26. The minimum absolute atomic E-state index is 0.582. The maximum absolute atomic E-state index is 5.87. The van der Waals surface area contributed by atoms with Gasteiger partial charge >= 0.3 is 0 Å². The second kappa shape index (κ2) is 6.95. The highest BCUT2D eigenvalue weighted by Gasteiger charge is 2.02. The molecule has 0 aliphatic carbocycles. The lowest BCUT2D eigenvalue weighted by Crippen LogP contribution is -1.90. The van der Waals surface area contributed by atoms with Crippen LogP contribution in [0.2, 0.25) is 5.02 Å². The maximum atomic E-state index is 5.87. The zero-order valence-corrected chi connectivity index (χ0v) is 14.9. The van der Waals surface area contributed by atoms with Crippen LogP contribution in [0.15, 0.2) is 54.6 Å². The number of aryl methyl sites for hydroxylation is 2. The van der Waals surface area contributed by atoms with Crippen LogP contribution in [-0.2, 0) is 0 Å². The Morgan fingerprint density at radius 2 is 1.32 bits per heavy atom. The molecule has 0 saturated carbocycles. The standard InChI is InChI=1S/C10H9ClN2.C10H10N2/c1-6-2-3-7-9(13-6)5-4-8(11)10(7)12;1-7-5-6-8-9(11)3-2-4-10(8)12-7/h2-5H,12H2,1H3;2-6H,11H2,1H3. The lowest BCUT2D eigenvalue weighted by molar-refractivity contribution is 1.26. The van der Waals surface area contributed by atoms with Gasteiger partial charge < -0.3 is 11.5 Å². The van der Waals surface area contributed by atoms with Crippen molar-refractivity contribution in [3.8, 4) is 0 Å². The van der Waals surface area contributed by atoms with E-state index < -0.39 is 0 Å². The summed E-state index contributed by atoms with van der Waals surface area (Å²) in [5, 5.41) is 2.53. The van der Waals surface area contributed by atoms with Crippen molar-refractivity contribution in [2.45, 2.75) is 13.8 Å². The molecule has 0 aliphatic heterocycles. The summed E-state index contributed by atoms with van der Waals surface area (Å²) in [4.78, 5) is 8.70. The summed E-state index contributed by atoms with van der Waals surface area (Å²) in [6, 6.07) is 17.3. The molecule has 4 aromatic rings. The number of rotatable bonds is 0. The molecule has 4 nitrogen and oxygen atoms in total. The highest BCUT2D eigenvalue weighted by Crippen LogP contribution is 2.27. The van der Waals surface area contributed by atoms with Crippen LogP contribution in [0.25, 0.3) is 21.8 Å². The van der Waals surface area contributed by atoms with Crippen LogP contribution < -0.4 is 11.5 Å². The van der Waals surface area contributed by atoms with Crippen LogP contribution in [0.5, 0.6) is 0 Å². The van der Waals surface area contributed by atoms with E-state index >= 15 is 0 Å². The zero-order valence-electron chi connectivity index (χ0n) is 14.1. The van der Waals surface area contributed by atoms with Crippen molar-refractivity contribution in [2.24, 2.45) is 0 Å². The second-order valence-corrected chi connectivity index (χ2v) is 6.25. The quantitative estimate of drug-likeness (QED) is 0.442. The van der Waals surface area contributed by atoms with Crippen molar-refractivity contribution in [1.82, 2.24) is 9.97 Å². The fourth-order valence-corrected chi connectivity index (χ4v) is 2.75. The predicted molar refractivity (Wildman–Crippen MR) is 107 cm³/mol. The number of fused-ring (bicyclic) bond motifs is 2. The van der Waals surface area contributed by atoms with E-state index in [2.05, 4.69) is 9.97 Å². The SMILES string of the molecule is Cc1ccc2c(N)c(Cl)ccc2n1.Cc1ccc2c(N)cccc2n1. The monoisotopic (exact) mass is 350 g/mol. The van der Waals surface area contributed by atoms with Crippen LogP contribution in [0, 0.1) is 13.8 Å². The van der Waals surface area contributed by atoms with Crippen molar-refractivity contribution in [1.29, 1.82) is 0 Å². The van der Waals surface area contributed by atoms with E-state index in [1.54, 1.807) is 6.07 Å². The van der Waals surface area contributed by atoms with Gasteiger partial charge in [-0.25, -0.2) is 0 Å². The first-order chi connectivity index (χ1) is 12.0. The third kappa shape index (κ3) is 3.64. The molecule has 0 spiro atoms. The van der Waals surface area contributed by atoms with Crippen molar-refractivity contribution in [3.63, 3.8) is 0 Å². The van der Waals surface area contributed by atoms with Crippen LogP contribution in [0.1, 0.15) is 11.4 Å². The Morgan fingerprint density at radius 1 is 0.720 bits per heavy atom. The molecule has 25 heavy (non-hydrogen) atoms. The van der Waals surface area contributed by atoms with Gasteiger partial charge in [-0.15, -0.1) is 0 Å². The highest BCUT2D eigenvalue weighted by molar-refractivity contribution is 6.34. The van der Waals surface area contributed by atoms with Gasteiger partial charge in [0.2, 0.25) is 0 Å². The minimum Gasteiger partial charge on any atom is -0.398 e. The number of pyridine rings is 2. The third-order valence-corrected chi connectivity index (χ3v) is 4.23. The normalized spacial score (nSPS) is 10.5. The number of hydrogen-bond donors (Lipinski definition) is 2. The van der Waals surface area contributed by atoms with E-state index in [4.69, 9.17) is 23.1 Å². The van der Waals surface area contributed by atoms with E-state index in [1.165, 1.54) is 0 Å². The van der Waals surface area contributed by atoms with Gasteiger partial charge in [0.15, 0.2) is 0 Å². The maximum Gasteiger partial charge on any atom is 0.0726 e. The lowest BCUT2D eigenvalue weighted by Gasteiger charge is -2.03. The van der Waals surface area contributed by atoms with Gasteiger partial charge in [-0.05, 0) is 62.4 Å². The van der Waals surface area contributed by atoms with Crippen LogP contribution >= 0.6 is 11.6 Å². The largest absolute Gasteiger partial charge is 0.398 e. The predicted octanol–water partition coefficient (Wildman–Crippen LogP) is 4.90. The van der Waals surface area contributed by atoms with E-state index in [0.717, 1.165) is 38.9 Å². The summed E-state index contributed by atoms with van der Waals surface area (Å²) in [6.45, 7) is 3.92. The molecule has 0 atom stereocenters. The summed E-state index contributed by atoms with van der Waals surface area (Å²) >= 11 is 5.87. The molecule has 2 heterocycles. The Kier molecular flexibility index (Phi) is 4.72. The number of hydrogen-bond acceptors (Lipinski definition) is 4. The second-order valence-electron chi connectivity index (χ2n) is 5.85. The van der Waals surface area contributed by atoms with E-state index in [9.17, 15) is 0 Å². The number of nitrogen functional groups attached to an aromatic ring is 2. The van der Waals surface area contributed by atoms with Crippen molar-refractivity contribution >= 4 is 44.8 Å². The molecule has 4 N–H and O–H groups in total. The van der Waals surface area contributed by atoms with Crippen molar-refractivity contribution in [2.75, 3.05) is 11.5 Å². The van der Waals surface area contributed by atoms with Crippen LogP contribution in [0.3, 0.4) is 0 Å². The molecule has 0 aliphatic rings. The van der Waals surface area contributed by atoms with Gasteiger partial charge in [0.05, 0.1) is 21.7 Å².